The second kappa shape index (κ2) is 8.86. The Hall–Kier alpha value is -0.160. The topological polar surface area (TPSA) is 33.7 Å². The molecule has 0 saturated carbocycles. The molecule has 0 spiro atoms. The summed E-state index contributed by atoms with van der Waals surface area (Å²) < 4.78 is 10.5. The highest BCUT2D eigenvalue weighted by atomic mass is 16.5. The van der Waals surface area contributed by atoms with Gasteiger partial charge in [0.15, 0.2) is 0 Å². The van der Waals surface area contributed by atoms with Crippen LogP contribution in [-0.4, -0.2) is 63.5 Å². The zero-order chi connectivity index (χ0) is 13.4. The van der Waals surface area contributed by atoms with E-state index in [-0.39, 0.29) is 0 Å². The van der Waals surface area contributed by atoms with E-state index < -0.39 is 0 Å². The highest BCUT2D eigenvalue weighted by Crippen LogP contribution is 2.15. The maximum atomic E-state index is 5.52. The van der Waals surface area contributed by atoms with Gasteiger partial charge >= 0.3 is 0 Å². The summed E-state index contributed by atoms with van der Waals surface area (Å²) in [6, 6.07) is 1.27. The van der Waals surface area contributed by atoms with Gasteiger partial charge in [0.1, 0.15) is 0 Å². The number of rotatable bonds is 8. The zero-order valence-corrected chi connectivity index (χ0v) is 12.4. The molecule has 1 rings (SSSR count). The first-order valence-corrected chi connectivity index (χ1v) is 7.19. The standard InChI is InChI=1S/C14H30N2O2/c1-12(2)14-10-15-13(3)11-16(14)6-5-7-18-9-8-17-4/h12-15H,5-11H2,1-4H3. The van der Waals surface area contributed by atoms with Gasteiger partial charge in [0.25, 0.3) is 0 Å². The molecule has 1 aliphatic heterocycles. The van der Waals surface area contributed by atoms with Gasteiger partial charge in [-0.3, -0.25) is 4.90 Å². The number of methoxy groups -OCH3 is 1. The first-order chi connectivity index (χ1) is 8.65. The van der Waals surface area contributed by atoms with E-state index in [4.69, 9.17) is 9.47 Å². The second-order valence-electron chi connectivity index (χ2n) is 5.57. The van der Waals surface area contributed by atoms with Crippen molar-refractivity contribution in [3.63, 3.8) is 0 Å². The van der Waals surface area contributed by atoms with Gasteiger partial charge in [-0.2, -0.15) is 0 Å². The summed E-state index contributed by atoms with van der Waals surface area (Å²) in [5.41, 5.74) is 0. The smallest absolute Gasteiger partial charge is 0.0700 e. The first kappa shape index (κ1) is 15.9. The van der Waals surface area contributed by atoms with Crippen LogP contribution in [0.5, 0.6) is 0 Å². The molecule has 0 aromatic rings. The normalized spacial score (nSPS) is 25.8. The Balaban J connectivity index is 2.20. The number of ether oxygens (including phenoxy) is 2. The molecule has 0 aromatic carbocycles. The fourth-order valence-electron chi connectivity index (χ4n) is 2.53. The lowest BCUT2D eigenvalue weighted by molar-refractivity contribution is 0.0531. The maximum Gasteiger partial charge on any atom is 0.0700 e. The lowest BCUT2D eigenvalue weighted by Gasteiger charge is -2.41. The minimum Gasteiger partial charge on any atom is -0.382 e. The van der Waals surface area contributed by atoms with Gasteiger partial charge in [-0.1, -0.05) is 13.8 Å². The van der Waals surface area contributed by atoms with Crippen LogP contribution >= 0.6 is 0 Å². The van der Waals surface area contributed by atoms with Crippen molar-refractivity contribution in [2.75, 3.05) is 46.6 Å². The zero-order valence-electron chi connectivity index (χ0n) is 12.4. The summed E-state index contributed by atoms with van der Waals surface area (Å²) in [4.78, 5) is 2.62. The van der Waals surface area contributed by atoms with Crippen molar-refractivity contribution in [3.05, 3.63) is 0 Å². The molecule has 2 atom stereocenters. The van der Waals surface area contributed by atoms with E-state index in [1.54, 1.807) is 7.11 Å². The Morgan fingerprint density at radius 2 is 2.06 bits per heavy atom. The molecule has 1 heterocycles. The van der Waals surface area contributed by atoms with Crippen LogP contribution in [0.3, 0.4) is 0 Å². The van der Waals surface area contributed by atoms with Gasteiger partial charge in [0.2, 0.25) is 0 Å². The molecule has 2 unspecified atom stereocenters. The van der Waals surface area contributed by atoms with Crippen LogP contribution in [-0.2, 0) is 9.47 Å². The van der Waals surface area contributed by atoms with E-state index in [0.717, 1.165) is 32.7 Å². The second-order valence-corrected chi connectivity index (χ2v) is 5.57. The van der Waals surface area contributed by atoms with E-state index >= 15 is 0 Å². The molecule has 0 amide bonds. The van der Waals surface area contributed by atoms with Crippen LogP contribution in [0.4, 0.5) is 0 Å². The van der Waals surface area contributed by atoms with Gasteiger partial charge in [0.05, 0.1) is 13.2 Å². The molecular weight excluding hydrogens is 228 g/mol. The molecule has 18 heavy (non-hydrogen) atoms. The van der Waals surface area contributed by atoms with E-state index in [1.807, 2.05) is 0 Å². The average molecular weight is 258 g/mol. The van der Waals surface area contributed by atoms with Gasteiger partial charge in [-0.05, 0) is 19.3 Å². The molecule has 108 valence electrons. The van der Waals surface area contributed by atoms with E-state index in [9.17, 15) is 0 Å². The molecular formula is C14H30N2O2. The predicted octanol–water partition coefficient (Wildman–Crippen LogP) is 1.36. The summed E-state index contributed by atoms with van der Waals surface area (Å²) in [6.45, 7) is 12.5. The van der Waals surface area contributed by atoms with Crippen molar-refractivity contribution < 1.29 is 9.47 Å². The molecule has 1 aliphatic rings. The lowest BCUT2D eigenvalue weighted by Crippen LogP contribution is -2.57. The van der Waals surface area contributed by atoms with Crippen molar-refractivity contribution in [2.45, 2.75) is 39.3 Å². The van der Waals surface area contributed by atoms with Crippen molar-refractivity contribution in [1.29, 1.82) is 0 Å². The molecule has 0 bridgehead atoms. The molecule has 0 aromatic heterocycles. The third-order valence-corrected chi connectivity index (χ3v) is 3.59. The Kier molecular flexibility index (Phi) is 7.82. The third kappa shape index (κ3) is 5.65. The lowest BCUT2D eigenvalue weighted by atomic mass is 9.98. The number of nitrogens with zero attached hydrogens (tertiary/aromatic N) is 1. The van der Waals surface area contributed by atoms with Crippen molar-refractivity contribution in [1.82, 2.24) is 10.2 Å². The predicted molar refractivity (Wildman–Crippen MR) is 75.0 cm³/mol. The fraction of sp³-hybridized carbons (Fsp3) is 1.00. The van der Waals surface area contributed by atoms with Crippen molar-refractivity contribution in [3.8, 4) is 0 Å². The minimum atomic E-state index is 0.606. The molecule has 1 saturated heterocycles. The van der Waals surface area contributed by atoms with Crippen LogP contribution in [0.1, 0.15) is 27.2 Å². The maximum absolute atomic E-state index is 5.52. The van der Waals surface area contributed by atoms with Crippen molar-refractivity contribution >= 4 is 0 Å². The SMILES string of the molecule is COCCOCCCN1CC(C)NCC1C(C)C. The number of nitrogens with one attached hydrogen (secondary N) is 1. The highest BCUT2D eigenvalue weighted by molar-refractivity contribution is 4.85. The average Bonchev–Trinajstić information content (AvgIpc) is 2.33. The Bertz CT molecular complexity index is 212. The van der Waals surface area contributed by atoms with Crippen LogP contribution in [0, 0.1) is 5.92 Å². The van der Waals surface area contributed by atoms with Gasteiger partial charge < -0.3 is 14.8 Å². The Morgan fingerprint density at radius 3 is 2.72 bits per heavy atom. The molecule has 4 heteroatoms. The van der Waals surface area contributed by atoms with E-state index in [1.165, 1.54) is 0 Å². The molecule has 1 fully saturated rings. The van der Waals surface area contributed by atoms with E-state index in [0.29, 0.717) is 31.2 Å². The molecule has 4 nitrogen and oxygen atoms in total. The summed E-state index contributed by atoms with van der Waals surface area (Å²) in [5.74, 6) is 0.708. The fourth-order valence-corrected chi connectivity index (χ4v) is 2.53. The number of hydrogen-bond acceptors (Lipinski definition) is 4. The summed E-state index contributed by atoms with van der Waals surface area (Å²) >= 11 is 0. The van der Waals surface area contributed by atoms with Gasteiger partial charge in [-0.15, -0.1) is 0 Å². The van der Waals surface area contributed by atoms with Crippen molar-refractivity contribution in [2.24, 2.45) is 5.92 Å². The third-order valence-electron chi connectivity index (χ3n) is 3.59. The van der Waals surface area contributed by atoms with E-state index in [2.05, 4.69) is 31.0 Å². The van der Waals surface area contributed by atoms with Gasteiger partial charge in [0, 0.05) is 45.4 Å². The molecule has 1 N–H and O–H groups in total. The summed E-state index contributed by atoms with van der Waals surface area (Å²) in [7, 11) is 1.71. The van der Waals surface area contributed by atoms with Crippen LogP contribution in [0.25, 0.3) is 0 Å². The monoisotopic (exact) mass is 258 g/mol. The largest absolute Gasteiger partial charge is 0.382 e. The molecule has 0 radical (unpaired) electrons. The quantitative estimate of drug-likeness (QED) is 0.667. The van der Waals surface area contributed by atoms with Crippen LogP contribution in [0.2, 0.25) is 0 Å². The highest BCUT2D eigenvalue weighted by Gasteiger charge is 2.27. The summed E-state index contributed by atoms with van der Waals surface area (Å²) in [5, 5.41) is 3.57. The minimum absolute atomic E-state index is 0.606. The Labute approximate surface area is 112 Å². The number of piperazine rings is 1. The van der Waals surface area contributed by atoms with Gasteiger partial charge in [-0.25, -0.2) is 0 Å². The summed E-state index contributed by atoms with van der Waals surface area (Å²) in [6.07, 6.45) is 1.11. The first-order valence-electron chi connectivity index (χ1n) is 7.19. The van der Waals surface area contributed by atoms with Crippen LogP contribution < -0.4 is 5.32 Å². The Morgan fingerprint density at radius 1 is 1.28 bits per heavy atom. The molecule has 0 aliphatic carbocycles. The number of hydrogen-bond donors (Lipinski definition) is 1. The van der Waals surface area contributed by atoms with Crippen LogP contribution in [0.15, 0.2) is 0 Å².